The van der Waals surface area contributed by atoms with Crippen LogP contribution in [0.4, 0.5) is 4.39 Å². The zero-order chi connectivity index (χ0) is 20.0. The zero-order valence-electron chi connectivity index (χ0n) is 16.1. The van der Waals surface area contributed by atoms with Gasteiger partial charge in [0.25, 0.3) is 0 Å². The number of H-pyrrole nitrogens is 1. The maximum absolute atomic E-state index is 13.6. The Bertz CT molecular complexity index is 1030. The molecule has 3 aromatic rings. The lowest BCUT2D eigenvalue weighted by molar-refractivity contribution is -0.0587. The molecule has 1 saturated heterocycles. The Balaban J connectivity index is 1.26. The first kappa shape index (κ1) is 18.6. The van der Waals surface area contributed by atoms with Gasteiger partial charge in [0.15, 0.2) is 0 Å². The van der Waals surface area contributed by atoms with Crippen LogP contribution in [0.5, 0.6) is 5.75 Å². The molecule has 2 aromatic carbocycles. The number of β-amino-alcohol motifs (C(OH)–C–C–N with tert-alkyl or cyclic N) is 1. The molecule has 1 spiro atoms. The molecule has 6 heteroatoms. The molecule has 3 N–H and O–H groups in total. The fourth-order valence-electron chi connectivity index (χ4n) is 4.77. The number of aromatic nitrogens is 1. The van der Waals surface area contributed by atoms with E-state index in [1.165, 1.54) is 12.1 Å². The predicted molar refractivity (Wildman–Crippen MR) is 108 cm³/mol. The number of para-hydroxylation sites is 1. The van der Waals surface area contributed by atoms with E-state index in [4.69, 9.17) is 4.74 Å². The number of piperidine rings is 1. The second-order valence-electron chi connectivity index (χ2n) is 8.29. The van der Waals surface area contributed by atoms with Crippen LogP contribution in [0, 0.1) is 5.82 Å². The Labute approximate surface area is 168 Å². The van der Waals surface area contributed by atoms with Gasteiger partial charge in [-0.2, -0.15) is 0 Å². The van der Waals surface area contributed by atoms with Crippen molar-refractivity contribution in [1.29, 1.82) is 0 Å². The Morgan fingerprint density at radius 1 is 1.21 bits per heavy atom. The molecule has 2 aliphatic heterocycles. The number of benzene rings is 2. The van der Waals surface area contributed by atoms with Crippen LogP contribution in [0.2, 0.25) is 0 Å². The van der Waals surface area contributed by atoms with E-state index in [-0.39, 0.29) is 11.4 Å². The summed E-state index contributed by atoms with van der Waals surface area (Å²) in [6.45, 7) is 2.05. The first-order chi connectivity index (χ1) is 14.0. The number of ether oxygens (including phenoxy) is 1. The van der Waals surface area contributed by atoms with Gasteiger partial charge in [0.2, 0.25) is 0 Å². The van der Waals surface area contributed by atoms with E-state index in [0.29, 0.717) is 13.0 Å². The van der Waals surface area contributed by atoms with Gasteiger partial charge in [0, 0.05) is 54.3 Å². The van der Waals surface area contributed by atoms with Crippen LogP contribution < -0.4 is 4.74 Å². The number of nitrogens with zero attached hydrogens (tertiary/aromatic N) is 1. The maximum Gasteiger partial charge on any atom is 0.125 e. The van der Waals surface area contributed by atoms with E-state index in [0.717, 1.165) is 53.7 Å². The van der Waals surface area contributed by atoms with Gasteiger partial charge < -0.3 is 24.8 Å². The van der Waals surface area contributed by atoms with Gasteiger partial charge in [-0.05, 0) is 37.1 Å². The second kappa shape index (κ2) is 7.13. The summed E-state index contributed by atoms with van der Waals surface area (Å²) in [4.78, 5) is 5.31. The molecule has 0 bridgehead atoms. The third-order valence-electron chi connectivity index (χ3n) is 6.40. The smallest absolute Gasteiger partial charge is 0.125 e. The highest BCUT2D eigenvalue weighted by Crippen LogP contribution is 2.44. The molecule has 5 nitrogen and oxygen atoms in total. The number of aliphatic hydroxyl groups excluding tert-OH is 2. The third-order valence-corrected chi connectivity index (χ3v) is 6.40. The van der Waals surface area contributed by atoms with Crippen LogP contribution in [0.3, 0.4) is 0 Å². The number of aliphatic hydroxyl groups is 2. The van der Waals surface area contributed by atoms with Crippen LogP contribution in [0.1, 0.15) is 42.6 Å². The SMILES string of the molecule is O[C@H]1CC2(CCN(C[C@H](O)c3c[nH]c4ccc(F)cc34)CC2)Oc2ccccc21. The minimum atomic E-state index is -0.696. The van der Waals surface area contributed by atoms with Gasteiger partial charge >= 0.3 is 0 Å². The quantitative estimate of drug-likeness (QED) is 0.632. The molecule has 29 heavy (non-hydrogen) atoms. The number of rotatable bonds is 3. The normalized spacial score (nSPS) is 22.4. The van der Waals surface area contributed by atoms with Gasteiger partial charge in [0.1, 0.15) is 17.2 Å². The monoisotopic (exact) mass is 396 g/mol. The number of aromatic amines is 1. The summed E-state index contributed by atoms with van der Waals surface area (Å²) in [5, 5.41) is 22.1. The van der Waals surface area contributed by atoms with Crippen molar-refractivity contribution in [3.05, 3.63) is 65.6 Å². The van der Waals surface area contributed by atoms with Crippen molar-refractivity contribution in [1.82, 2.24) is 9.88 Å². The number of nitrogens with one attached hydrogen (secondary N) is 1. The highest BCUT2D eigenvalue weighted by atomic mass is 19.1. The number of halogens is 1. The minimum absolute atomic E-state index is 0.307. The van der Waals surface area contributed by atoms with E-state index in [1.54, 1.807) is 12.3 Å². The van der Waals surface area contributed by atoms with Crippen LogP contribution in [-0.4, -0.2) is 45.3 Å². The second-order valence-corrected chi connectivity index (χ2v) is 8.29. The standard InChI is InChI=1S/C23H25FN2O3/c24-15-5-6-19-17(11-15)18(13-25-19)21(28)14-26-9-7-23(8-10-26)12-20(27)16-3-1-2-4-22(16)29-23/h1-6,11,13,20-21,25,27-28H,7-10,12,14H2/t20-,21-/m0/s1. The fourth-order valence-corrected chi connectivity index (χ4v) is 4.77. The number of fused-ring (bicyclic) bond motifs is 2. The largest absolute Gasteiger partial charge is 0.487 e. The van der Waals surface area contributed by atoms with Crippen LogP contribution in [-0.2, 0) is 0 Å². The molecule has 152 valence electrons. The van der Waals surface area contributed by atoms with Crippen molar-refractivity contribution in [2.24, 2.45) is 0 Å². The lowest BCUT2D eigenvalue weighted by Gasteiger charge is -2.46. The topological polar surface area (TPSA) is 68.7 Å². The summed E-state index contributed by atoms with van der Waals surface area (Å²) < 4.78 is 19.9. The van der Waals surface area contributed by atoms with Gasteiger partial charge in [-0.3, -0.25) is 0 Å². The molecule has 3 heterocycles. The van der Waals surface area contributed by atoms with E-state index >= 15 is 0 Å². The van der Waals surface area contributed by atoms with Crippen molar-refractivity contribution in [3.63, 3.8) is 0 Å². The third kappa shape index (κ3) is 3.41. The van der Waals surface area contributed by atoms with Gasteiger partial charge in [-0.15, -0.1) is 0 Å². The molecule has 0 unspecified atom stereocenters. The summed E-state index contributed by atoms with van der Waals surface area (Å²) in [7, 11) is 0. The summed E-state index contributed by atoms with van der Waals surface area (Å²) in [6, 6.07) is 12.3. The summed E-state index contributed by atoms with van der Waals surface area (Å²) >= 11 is 0. The molecule has 0 saturated carbocycles. The lowest BCUT2D eigenvalue weighted by Crippen LogP contribution is -2.51. The van der Waals surface area contributed by atoms with E-state index < -0.39 is 12.2 Å². The first-order valence-electron chi connectivity index (χ1n) is 10.2. The first-order valence-corrected chi connectivity index (χ1v) is 10.2. The van der Waals surface area contributed by atoms with Gasteiger partial charge in [-0.25, -0.2) is 4.39 Å². The number of hydrogen-bond acceptors (Lipinski definition) is 4. The Hall–Kier alpha value is -2.41. The average Bonchev–Trinajstić information content (AvgIpc) is 3.13. The molecule has 2 atom stereocenters. The van der Waals surface area contributed by atoms with Crippen molar-refractivity contribution >= 4 is 10.9 Å². The number of hydrogen-bond donors (Lipinski definition) is 3. The summed E-state index contributed by atoms with van der Waals surface area (Å²) in [5.74, 6) is 0.472. The predicted octanol–water partition coefficient (Wildman–Crippen LogP) is 3.69. The molecule has 0 radical (unpaired) electrons. The maximum atomic E-state index is 13.6. The van der Waals surface area contributed by atoms with E-state index in [1.807, 2.05) is 24.3 Å². The average molecular weight is 396 g/mol. The van der Waals surface area contributed by atoms with Crippen LogP contribution in [0.15, 0.2) is 48.7 Å². The molecule has 2 aliphatic rings. The molecule has 0 amide bonds. The van der Waals surface area contributed by atoms with Gasteiger partial charge in [-0.1, -0.05) is 18.2 Å². The van der Waals surface area contributed by atoms with E-state index in [2.05, 4.69) is 9.88 Å². The van der Waals surface area contributed by atoms with Crippen molar-refractivity contribution in [3.8, 4) is 5.75 Å². The van der Waals surface area contributed by atoms with Crippen LogP contribution >= 0.6 is 0 Å². The summed E-state index contributed by atoms with van der Waals surface area (Å²) in [5.41, 5.74) is 2.06. The zero-order valence-corrected chi connectivity index (χ0v) is 16.1. The molecule has 1 aromatic heterocycles. The Morgan fingerprint density at radius 2 is 2.00 bits per heavy atom. The van der Waals surface area contributed by atoms with E-state index in [9.17, 15) is 14.6 Å². The highest BCUT2D eigenvalue weighted by molar-refractivity contribution is 5.83. The molecular formula is C23H25FN2O3. The molecule has 1 fully saturated rings. The van der Waals surface area contributed by atoms with Crippen LogP contribution in [0.25, 0.3) is 10.9 Å². The number of likely N-dealkylation sites (tertiary alicyclic amines) is 1. The summed E-state index contributed by atoms with van der Waals surface area (Å²) in [6.07, 6.45) is 2.76. The van der Waals surface area contributed by atoms with Crippen molar-refractivity contribution in [2.75, 3.05) is 19.6 Å². The fraction of sp³-hybridized carbons (Fsp3) is 0.391. The van der Waals surface area contributed by atoms with Crippen molar-refractivity contribution < 1.29 is 19.3 Å². The highest BCUT2D eigenvalue weighted by Gasteiger charge is 2.43. The molecular weight excluding hydrogens is 371 g/mol. The van der Waals surface area contributed by atoms with Gasteiger partial charge in [0.05, 0.1) is 12.2 Å². The lowest BCUT2D eigenvalue weighted by atomic mass is 9.81. The minimum Gasteiger partial charge on any atom is -0.487 e. The molecule has 0 aliphatic carbocycles. The van der Waals surface area contributed by atoms with Crippen molar-refractivity contribution in [2.45, 2.75) is 37.1 Å². The molecule has 5 rings (SSSR count). The Kier molecular flexibility index (Phi) is 4.57. The Morgan fingerprint density at radius 3 is 2.83 bits per heavy atom.